The Hall–Kier alpha value is -1.93. The van der Waals surface area contributed by atoms with E-state index in [1.54, 1.807) is 6.07 Å². The first-order valence-corrected chi connectivity index (χ1v) is 9.12. The Balaban J connectivity index is 1.71. The summed E-state index contributed by atoms with van der Waals surface area (Å²) < 4.78 is 5.29. The third-order valence-electron chi connectivity index (χ3n) is 3.24. The highest BCUT2D eigenvalue weighted by Gasteiger charge is 2.19. The molecule has 1 fully saturated rings. The predicted octanol–water partition coefficient (Wildman–Crippen LogP) is 4.31. The second-order valence-corrected chi connectivity index (χ2v) is 7.63. The van der Waals surface area contributed by atoms with Crippen LogP contribution >= 0.6 is 23.5 Å². The molecule has 2 heterocycles. The standard InChI is InChI=1S/C15H14N2O4S2/c18-14(12-5-6-13(21-12)17(19)20)16-11-4-1-3-10(9-11)15-22-7-2-8-23-15/h1,3-6,9,15H,2,7-8H2,(H,16,18). The van der Waals surface area contributed by atoms with Gasteiger partial charge in [-0.05, 0) is 41.7 Å². The zero-order chi connectivity index (χ0) is 16.2. The summed E-state index contributed by atoms with van der Waals surface area (Å²) in [4.78, 5) is 22.0. The molecule has 0 atom stereocenters. The lowest BCUT2D eigenvalue weighted by atomic mass is 10.2. The van der Waals surface area contributed by atoms with Crippen LogP contribution in [0.3, 0.4) is 0 Å². The van der Waals surface area contributed by atoms with Crippen molar-refractivity contribution in [1.29, 1.82) is 0 Å². The zero-order valence-corrected chi connectivity index (χ0v) is 13.7. The van der Waals surface area contributed by atoms with Crippen molar-refractivity contribution in [3.05, 3.63) is 57.8 Å². The third kappa shape index (κ3) is 3.89. The molecule has 2 aromatic rings. The van der Waals surface area contributed by atoms with Crippen molar-refractivity contribution in [2.75, 3.05) is 16.8 Å². The molecule has 23 heavy (non-hydrogen) atoms. The largest absolute Gasteiger partial charge is 0.433 e. The number of anilines is 1. The van der Waals surface area contributed by atoms with Crippen molar-refractivity contribution in [1.82, 2.24) is 0 Å². The maximum absolute atomic E-state index is 12.1. The van der Waals surface area contributed by atoms with Crippen LogP contribution in [0.5, 0.6) is 0 Å². The first-order chi connectivity index (χ1) is 11.1. The van der Waals surface area contributed by atoms with E-state index in [4.69, 9.17) is 4.42 Å². The van der Waals surface area contributed by atoms with Gasteiger partial charge in [0.1, 0.15) is 4.92 Å². The second-order valence-electron chi connectivity index (χ2n) is 4.90. The minimum absolute atomic E-state index is 0.0801. The summed E-state index contributed by atoms with van der Waals surface area (Å²) in [5, 5.41) is 13.3. The smallest absolute Gasteiger partial charge is 0.395 e. The average molecular weight is 350 g/mol. The molecule has 1 aromatic carbocycles. The number of amides is 1. The Morgan fingerprint density at radius 3 is 2.74 bits per heavy atom. The first kappa shape index (κ1) is 15.9. The Morgan fingerprint density at radius 1 is 1.26 bits per heavy atom. The summed E-state index contributed by atoms with van der Waals surface area (Å²) >= 11 is 3.81. The predicted molar refractivity (Wildman–Crippen MR) is 92.0 cm³/mol. The quantitative estimate of drug-likeness (QED) is 0.653. The normalized spacial score (nSPS) is 15.3. The molecule has 1 aliphatic rings. The number of furan rings is 1. The topological polar surface area (TPSA) is 85.4 Å². The van der Waals surface area contributed by atoms with E-state index >= 15 is 0 Å². The fraction of sp³-hybridized carbons (Fsp3) is 0.267. The number of benzene rings is 1. The third-order valence-corrected chi connectivity index (χ3v) is 6.25. The Morgan fingerprint density at radius 2 is 2.04 bits per heavy atom. The van der Waals surface area contributed by atoms with Gasteiger partial charge in [0.2, 0.25) is 0 Å². The molecule has 0 unspecified atom stereocenters. The molecule has 1 aliphatic heterocycles. The number of nitrogens with zero attached hydrogens (tertiary/aromatic N) is 1. The number of thioether (sulfide) groups is 2. The van der Waals surface area contributed by atoms with Crippen molar-refractivity contribution >= 4 is 41.0 Å². The first-order valence-electron chi connectivity index (χ1n) is 7.02. The van der Waals surface area contributed by atoms with E-state index in [0.29, 0.717) is 10.3 Å². The number of nitro groups is 1. The molecule has 1 saturated heterocycles. The van der Waals surface area contributed by atoms with E-state index in [-0.39, 0.29) is 5.76 Å². The van der Waals surface area contributed by atoms with Gasteiger partial charge in [-0.3, -0.25) is 14.9 Å². The van der Waals surface area contributed by atoms with Crippen molar-refractivity contribution < 1.29 is 14.1 Å². The molecule has 0 bridgehead atoms. The summed E-state index contributed by atoms with van der Waals surface area (Å²) in [5.41, 5.74) is 1.81. The van der Waals surface area contributed by atoms with Crippen LogP contribution in [0.2, 0.25) is 0 Å². The SMILES string of the molecule is O=C(Nc1cccc(C2SCCCS2)c1)c1ccc([N+](=O)[O-])o1. The van der Waals surface area contributed by atoms with Crippen molar-refractivity contribution in [2.45, 2.75) is 11.0 Å². The van der Waals surface area contributed by atoms with Crippen molar-refractivity contribution in [3.63, 3.8) is 0 Å². The van der Waals surface area contributed by atoms with Crippen LogP contribution < -0.4 is 5.32 Å². The van der Waals surface area contributed by atoms with Crippen LogP contribution in [-0.2, 0) is 0 Å². The number of carbonyl (C=O) groups excluding carboxylic acids is 1. The summed E-state index contributed by atoms with van der Waals surface area (Å²) in [6.07, 6.45) is 1.22. The summed E-state index contributed by atoms with van der Waals surface area (Å²) in [5.74, 6) is 1.26. The lowest BCUT2D eigenvalue weighted by Crippen LogP contribution is -2.11. The van der Waals surface area contributed by atoms with Gasteiger partial charge in [0.15, 0.2) is 5.76 Å². The molecule has 1 N–H and O–H groups in total. The molecule has 3 rings (SSSR count). The van der Waals surface area contributed by atoms with Crippen LogP contribution in [0, 0.1) is 10.1 Å². The Bertz CT molecular complexity index is 726. The Labute approximate surface area is 141 Å². The number of hydrogen-bond donors (Lipinski definition) is 1. The van der Waals surface area contributed by atoms with Crippen molar-refractivity contribution in [3.8, 4) is 0 Å². The highest BCUT2D eigenvalue weighted by molar-refractivity contribution is 8.16. The summed E-state index contributed by atoms with van der Waals surface area (Å²) in [6.45, 7) is 0. The van der Waals surface area contributed by atoms with Gasteiger partial charge in [-0.15, -0.1) is 23.5 Å². The molecular formula is C15H14N2O4S2. The molecule has 0 saturated carbocycles. The van der Waals surface area contributed by atoms with Gasteiger partial charge in [-0.1, -0.05) is 12.1 Å². The van der Waals surface area contributed by atoms with Crippen LogP contribution in [0.1, 0.15) is 27.1 Å². The molecule has 0 spiro atoms. The lowest BCUT2D eigenvalue weighted by molar-refractivity contribution is -0.402. The minimum atomic E-state index is -0.672. The number of nitrogens with one attached hydrogen (secondary N) is 1. The fourth-order valence-corrected chi connectivity index (χ4v) is 5.06. The number of rotatable bonds is 4. The van der Waals surface area contributed by atoms with Gasteiger partial charge in [-0.25, -0.2) is 0 Å². The molecular weight excluding hydrogens is 336 g/mol. The van der Waals surface area contributed by atoms with Crippen molar-refractivity contribution in [2.24, 2.45) is 0 Å². The van der Waals surface area contributed by atoms with Gasteiger partial charge >= 0.3 is 5.88 Å². The highest BCUT2D eigenvalue weighted by Crippen LogP contribution is 2.44. The van der Waals surface area contributed by atoms with Gasteiger partial charge in [-0.2, -0.15) is 0 Å². The number of carbonyl (C=O) groups is 1. The van der Waals surface area contributed by atoms with Crippen LogP contribution in [0.25, 0.3) is 0 Å². The highest BCUT2D eigenvalue weighted by atomic mass is 32.2. The molecule has 0 aliphatic carbocycles. The van der Waals surface area contributed by atoms with E-state index < -0.39 is 16.7 Å². The maximum atomic E-state index is 12.1. The van der Waals surface area contributed by atoms with Gasteiger partial charge < -0.3 is 9.73 Å². The molecule has 1 amide bonds. The summed E-state index contributed by atoms with van der Waals surface area (Å²) in [7, 11) is 0. The zero-order valence-electron chi connectivity index (χ0n) is 12.1. The lowest BCUT2D eigenvalue weighted by Gasteiger charge is -2.21. The van der Waals surface area contributed by atoms with E-state index in [1.807, 2.05) is 41.7 Å². The van der Waals surface area contributed by atoms with Crippen LogP contribution in [-0.4, -0.2) is 22.3 Å². The molecule has 6 nitrogen and oxygen atoms in total. The molecule has 120 valence electrons. The van der Waals surface area contributed by atoms with Crippen LogP contribution in [0.15, 0.2) is 40.8 Å². The number of hydrogen-bond acceptors (Lipinski definition) is 6. The van der Waals surface area contributed by atoms with E-state index in [1.165, 1.54) is 18.6 Å². The minimum Gasteiger partial charge on any atom is -0.395 e. The van der Waals surface area contributed by atoms with E-state index in [9.17, 15) is 14.9 Å². The molecule has 1 aromatic heterocycles. The fourth-order valence-electron chi connectivity index (χ4n) is 2.18. The van der Waals surface area contributed by atoms with Gasteiger partial charge in [0, 0.05) is 5.69 Å². The van der Waals surface area contributed by atoms with Gasteiger partial charge in [0.05, 0.1) is 10.6 Å². The molecule has 0 radical (unpaired) electrons. The Kier molecular flexibility index (Phi) is 4.92. The van der Waals surface area contributed by atoms with Crippen LogP contribution in [0.4, 0.5) is 11.6 Å². The molecule has 8 heteroatoms. The maximum Gasteiger partial charge on any atom is 0.433 e. The van der Waals surface area contributed by atoms with E-state index in [0.717, 1.165) is 17.1 Å². The second kappa shape index (κ2) is 7.10. The monoisotopic (exact) mass is 350 g/mol. The van der Waals surface area contributed by atoms with E-state index in [2.05, 4.69) is 5.32 Å². The summed E-state index contributed by atoms with van der Waals surface area (Å²) in [6, 6.07) is 10.1. The van der Waals surface area contributed by atoms with Gasteiger partial charge in [0.25, 0.3) is 5.91 Å². The average Bonchev–Trinajstić information content (AvgIpc) is 3.06.